The van der Waals surface area contributed by atoms with Crippen LogP contribution in [0.3, 0.4) is 0 Å². The van der Waals surface area contributed by atoms with Gasteiger partial charge in [-0.15, -0.1) is 0 Å². The van der Waals surface area contributed by atoms with E-state index in [2.05, 4.69) is 19.7 Å². The van der Waals surface area contributed by atoms with Crippen molar-refractivity contribution in [3.8, 4) is 0 Å². The molecule has 170 valence electrons. The Bertz CT molecular complexity index is 481. The van der Waals surface area contributed by atoms with Crippen LogP contribution in [0.15, 0.2) is 38.0 Å². The van der Waals surface area contributed by atoms with E-state index in [1.165, 1.54) is 0 Å². The minimum absolute atomic E-state index is 0.139. The van der Waals surface area contributed by atoms with E-state index in [0.717, 1.165) is 37.5 Å². The first-order chi connectivity index (χ1) is 14.4. The maximum absolute atomic E-state index is 11.1. The molecule has 0 saturated carbocycles. The molecule has 0 aromatic heterocycles. The van der Waals surface area contributed by atoms with Crippen molar-refractivity contribution < 1.29 is 38.1 Å². The fourth-order valence-corrected chi connectivity index (χ4v) is 2.50. The molecule has 0 aliphatic rings. The molecule has 0 atom stereocenters. The van der Waals surface area contributed by atoms with E-state index in [1.807, 2.05) is 6.92 Å². The van der Waals surface area contributed by atoms with Crippen LogP contribution in [0.2, 0.25) is 0 Å². The largest absolute Gasteiger partial charge is 0.463 e. The minimum atomic E-state index is -0.494. The van der Waals surface area contributed by atoms with E-state index in [9.17, 15) is 14.4 Å². The Labute approximate surface area is 178 Å². The third-order valence-corrected chi connectivity index (χ3v) is 4.36. The molecule has 0 aliphatic carbocycles. The summed E-state index contributed by atoms with van der Waals surface area (Å²) in [6.07, 6.45) is 6.42. The van der Waals surface area contributed by atoms with E-state index in [-0.39, 0.29) is 31.8 Å². The molecule has 0 amide bonds. The molecule has 0 radical (unpaired) electrons. The van der Waals surface area contributed by atoms with Crippen molar-refractivity contribution in [3.63, 3.8) is 0 Å². The summed E-state index contributed by atoms with van der Waals surface area (Å²) in [5.41, 5.74) is -0.270. The molecule has 0 N–H and O–H groups in total. The fraction of sp³-hybridized carbons (Fsp3) is 0.591. The zero-order valence-corrected chi connectivity index (χ0v) is 17.9. The molecule has 8 heteroatoms. The summed E-state index contributed by atoms with van der Waals surface area (Å²) in [6.45, 7) is 14.0. The van der Waals surface area contributed by atoms with Gasteiger partial charge < -0.3 is 23.7 Å². The van der Waals surface area contributed by atoms with Gasteiger partial charge in [0.1, 0.15) is 13.2 Å². The van der Waals surface area contributed by atoms with Gasteiger partial charge >= 0.3 is 17.9 Å². The molecule has 0 aromatic rings. The monoisotopic (exact) mass is 426 g/mol. The second-order valence-electron chi connectivity index (χ2n) is 6.53. The predicted octanol–water partition coefficient (Wildman–Crippen LogP) is 2.77. The summed E-state index contributed by atoms with van der Waals surface area (Å²) >= 11 is 0. The molecular formula is C22H34O8. The Hall–Kier alpha value is -2.45. The SMILES string of the molecule is C=CC(=O)OCCCCC(CC)(COCCOC(=O)C=C)COCCOC(=O)C=C. The minimum Gasteiger partial charge on any atom is -0.463 e. The maximum Gasteiger partial charge on any atom is 0.330 e. The molecular weight excluding hydrogens is 392 g/mol. The number of hydrogen-bond donors (Lipinski definition) is 0. The molecule has 0 bridgehead atoms. The first-order valence-electron chi connectivity index (χ1n) is 9.96. The molecule has 0 unspecified atom stereocenters. The Morgan fingerprint density at radius 1 is 0.700 bits per heavy atom. The van der Waals surface area contributed by atoms with Crippen molar-refractivity contribution in [2.24, 2.45) is 5.41 Å². The molecule has 30 heavy (non-hydrogen) atoms. The Morgan fingerprint density at radius 3 is 1.53 bits per heavy atom. The van der Waals surface area contributed by atoms with Crippen molar-refractivity contribution >= 4 is 17.9 Å². The third kappa shape index (κ3) is 13.7. The van der Waals surface area contributed by atoms with Crippen LogP contribution in [-0.2, 0) is 38.1 Å². The highest BCUT2D eigenvalue weighted by Crippen LogP contribution is 2.30. The lowest BCUT2D eigenvalue weighted by Crippen LogP contribution is -2.33. The van der Waals surface area contributed by atoms with Crippen molar-refractivity contribution in [2.75, 3.05) is 46.2 Å². The Kier molecular flexibility index (Phi) is 16.0. The Morgan fingerprint density at radius 2 is 1.13 bits per heavy atom. The molecule has 0 aromatic carbocycles. The van der Waals surface area contributed by atoms with Crippen LogP contribution in [0.5, 0.6) is 0 Å². The van der Waals surface area contributed by atoms with Gasteiger partial charge in [-0.2, -0.15) is 0 Å². The van der Waals surface area contributed by atoms with Crippen LogP contribution in [0.25, 0.3) is 0 Å². The lowest BCUT2D eigenvalue weighted by atomic mass is 9.81. The average Bonchev–Trinajstić information content (AvgIpc) is 2.76. The lowest BCUT2D eigenvalue weighted by Gasteiger charge is -2.32. The van der Waals surface area contributed by atoms with Crippen molar-refractivity contribution in [3.05, 3.63) is 38.0 Å². The van der Waals surface area contributed by atoms with E-state index in [0.29, 0.717) is 26.2 Å². The van der Waals surface area contributed by atoms with Crippen LogP contribution >= 0.6 is 0 Å². The number of unbranched alkanes of at least 4 members (excludes halogenated alkanes) is 1. The van der Waals surface area contributed by atoms with Gasteiger partial charge in [-0.1, -0.05) is 26.7 Å². The Balaban J connectivity index is 4.52. The second kappa shape index (κ2) is 17.4. The molecule has 0 heterocycles. The number of ether oxygens (including phenoxy) is 5. The van der Waals surface area contributed by atoms with E-state index in [4.69, 9.17) is 23.7 Å². The van der Waals surface area contributed by atoms with E-state index < -0.39 is 17.9 Å². The zero-order chi connectivity index (χ0) is 22.7. The standard InChI is InChI=1S/C22H34O8/c1-5-19(23)28-12-10-9-11-22(8-4,17-26-13-15-29-20(24)6-2)18-27-14-16-30-21(25)7-3/h5-7H,1-3,8-18H2,4H3. The normalized spacial score (nSPS) is 10.7. The van der Waals surface area contributed by atoms with Gasteiger partial charge in [-0.3, -0.25) is 0 Å². The highest BCUT2D eigenvalue weighted by atomic mass is 16.6. The number of hydrogen-bond acceptors (Lipinski definition) is 8. The zero-order valence-electron chi connectivity index (χ0n) is 17.9. The van der Waals surface area contributed by atoms with Crippen LogP contribution in [0.4, 0.5) is 0 Å². The van der Waals surface area contributed by atoms with Crippen LogP contribution in [0.1, 0.15) is 32.6 Å². The van der Waals surface area contributed by atoms with Gasteiger partial charge in [0.05, 0.1) is 33.0 Å². The highest BCUT2D eigenvalue weighted by Gasteiger charge is 2.29. The first-order valence-corrected chi connectivity index (χ1v) is 9.96. The summed E-state index contributed by atoms with van der Waals surface area (Å²) in [7, 11) is 0. The summed E-state index contributed by atoms with van der Waals surface area (Å²) < 4.78 is 26.3. The maximum atomic E-state index is 11.1. The summed E-state index contributed by atoms with van der Waals surface area (Å²) in [4.78, 5) is 33.3. The van der Waals surface area contributed by atoms with E-state index in [1.54, 1.807) is 0 Å². The number of rotatable bonds is 19. The van der Waals surface area contributed by atoms with Gasteiger partial charge in [-0.05, 0) is 25.7 Å². The molecule has 0 spiro atoms. The van der Waals surface area contributed by atoms with Gasteiger partial charge in [0, 0.05) is 23.6 Å². The molecule has 0 saturated heterocycles. The van der Waals surface area contributed by atoms with Crippen LogP contribution < -0.4 is 0 Å². The molecule has 8 nitrogen and oxygen atoms in total. The van der Waals surface area contributed by atoms with Gasteiger partial charge in [0.25, 0.3) is 0 Å². The quantitative estimate of drug-likeness (QED) is 0.135. The average molecular weight is 427 g/mol. The van der Waals surface area contributed by atoms with Crippen molar-refractivity contribution in [2.45, 2.75) is 32.6 Å². The van der Waals surface area contributed by atoms with E-state index >= 15 is 0 Å². The topological polar surface area (TPSA) is 97.4 Å². The smallest absolute Gasteiger partial charge is 0.330 e. The van der Waals surface area contributed by atoms with Gasteiger partial charge in [0.2, 0.25) is 0 Å². The molecule has 0 fully saturated rings. The van der Waals surface area contributed by atoms with Crippen LogP contribution in [-0.4, -0.2) is 64.2 Å². The molecule has 0 rings (SSSR count). The van der Waals surface area contributed by atoms with Gasteiger partial charge in [-0.25, -0.2) is 14.4 Å². The number of carbonyl (C=O) groups excluding carboxylic acids is 3. The summed E-state index contributed by atoms with van der Waals surface area (Å²) in [5.74, 6) is -1.43. The first kappa shape index (κ1) is 27.5. The van der Waals surface area contributed by atoms with Crippen molar-refractivity contribution in [1.29, 1.82) is 0 Å². The summed E-state index contributed by atoms with van der Waals surface area (Å²) in [5, 5.41) is 0. The lowest BCUT2D eigenvalue weighted by molar-refractivity contribution is -0.140. The predicted molar refractivity (Wildman–Crippen MR) is 112 cm³/mol. The number of carbonyl (C=O) groups is 3. The van der Waals surface area contributed by atoms with Crippen molar-refractivity contribution in [1.82, 2.24) is 0 Å². The second-order valence-corrected chi connectivity index (χ2v) is 6.53. The van der Waals surface area contributed by atoms with Gasteiger partial charge in [0.15, 0.2) is 0 Å². The number of esters is 3. The van der Waals surface area contributed by atoms with Crippen LogP contribution in [0, 0.1) is 5.41 Å². The molecule has 0 aliphatic heterocycles. The fourth-order valence-electron chi connectivity index (χ4n) is 2.50. The highest BCUT2D eigenvalue weighted by molar-refractivity contribution is 5.81. The summed E-state index contributed by atoms with van der Waals surface area (Å²) in [6, 6.07) is 0. The third-order valence-electron chi connectivity index (χ3n) is 4.36.